The Labute approximate surface area is 169 Å². The number of nitrogens with one attached hydrogen (secondary N) is 2. The average molecular weight is 393 g/mol. The number of nitrogens with zero attached hydrogens (tertiary/aromatic N) is 3. The van der Waals surface area contributed by atoms with E-state index in [4.69, 9.17) is 0 Å². The van der Waals surface area contributed by atoms with E-state index in [1.54, 1.807) is 18.3 Å². The summed E-state index contributed by atoms with van der Waals surface area (Å²) >= 11 is 0. The minimum absolute atomic E-state index is 0.245. The first-order valence-corrected chi connectivity index (χ1v) is 10.2. The molecule has 4 rings (SSSR count). The molecule has 2 heterocycles. The molecule has 1 aromatic carbocycles. The molecule has 7 nitrogen and oxygen atoms in total. The van der Waals surface area contributed by atoms with Gasteiger partial charge in [-0.05, 0) is 43.1 Å². The van der Waals surface area contributed by atoms with E-state index >= 15 is 0 Å². The van der Waals surface area contributed by atoms with Gasteiger partial charge in [0.05, 0.1) is 5.56 Å². The van der Waals surface area contributed by atoms with Crippen molar-refractivity contribution in [2.75, 3.05) is 7.05 Å². The predicted molar refractivity (Wildman–Crippen MR) is 112 cm³/mol. The van der Waals surface area contributed by atoms with Gasteiger partial charge in [-0.15, -0.1) is 0 Å². The molecule has 7 heteroatoms. The minimum atomic E-state index is -0.356. The van der Waals surface area contributed by atoms with E-state index in [0.29, 0.717) is 23.8 Å². The molecule has 0 bridgehead atoms. The van der Waals surface area contributed by atoms with Gasteiger partial charge >= 0.3 is 5.69 Å². The Morgan fingerprint density at radius 2 is 1.93 bits per heavy atom. The Balaban J connectivity index is 1.45. The van der Waals surface area contributed by atoms with E-state index < -0.39 is 0 Å². The second kappa shape index (κ2) is 8.61. The minimum Gasteiger partial charge on any atom is -0.348 e. The van der Waals surface area contributed by atoms with E-state index in [2.05, 4.69) is 39.6 Å². The first kappa shape index (κ1) is 19.4. The number of pyridine rings is 1. The Morgan fingerprint density at radius 3 is 2.72 bits per heavy atom. The maximum Gasteiger partial charge on any atom is 0.347 e. The number of benzene rings is 1. The predicted octanol–water partition coefficient (Wildman–Crippen LogP) is 2.72. The van der Waals surface area contributed by atoms with Crippen LogP contribution >= 0.6 is 0 Å². The van der Waals surface area contributed by atoms with Crippen molar-refractivity contribution in [1.29, 1.82) is 0 Å². The van der Waals surface area contributed by atoms with Gasteiger partial charge in [-0.2, -0.15) is 5.10 Å². The highest BCUT2D eigenvalue weighted by Crippen LogP contribution is 2.23. The molecule has 29 heavy (non-hydrogen) atoms. The monoisotopic (exact) mass is 393 g/mol. The quantitative estimate of drug-likeness (QED) is 0.675. The lowest BCUT2D eigenvalue weighted by Gasteiger charge is -2.31. The molecule has 152 valence electrons. The first-order valence-electron chi connectivity index (χ1n) is 10.2. The molecule has 2 aromatic heterocycles. The number of carbonyl (C=O) groups excluding carboxylic acids is 1. The number of carbonyl (C=O) groups is 1. The standard InChI is InChI=1S/C22H27N5O2/c1-26(18-10-3-2-4-11-18)15-17-9-6-5-8-16(17)14-23-21(28)19-12-7-13-27-20(19)24-25-22(27)29/h5-9,12-13,18H,2-4,10-11,14-15H2,1H3,(H,23,28)(H,25,29). The van der Waals surface area contributed by atoms with Crippen LogP contribution in [0.3, 0.4) is 0 Å². The van der Waals surface area contributed by atoms with Gasteiger partial charge in [0.2, 0.25) is 0 Å². The van der Waals surface area contributed by atoms with Gasteiger partial charge in [0.25, 0.3) is 5.91 Å². The summed E-state index contributed by atoms with van der Waals surface area (Å²) in [6, 6.07) is 12.2. The molecule has 0 spiro atoms. The molecule has 0 saturated heterocycles. The van der Waals surface area contributed by atoms with E-state index in [0.717, 1.165) is 12.1 Å². The van der Waals surface area contributed by atoms with Gasteiger partial charge in [-0.25, -0.2) is 14.3 Å². The number of amides is 1. The van der Waals surface area contributed by atoms with Gasteiger partial charge in [-0.3, -0.25) is 9.69 Å². The van der Waals surface area contributed by atoms with Crippen LogP contribution in [-0.2, 0) is 13.1 Å². The number of hydrogen-bond donors (Lipinski definition) is 2. The normalized spacial score (nSPS) is 15.1. The molecule has 1 aliphatic rings. The van der Waals surface area contributed by atoms with Crippen molar-refractivity contribution in [1.82, 2.24) is 24.8 Å². The summed E-state index contributed by atoms with van der Waals surface area (Å²) in [5, 5.41) is 9.32. The number of aromatic nitrogens is 3. The van der Waals surface area contributed by atoms with Crippen molar-refractivity contribution < 1.29 is 4.79 Å². The molecule has 3 aromatic rings. The first-order chi connectivity index (χ1) is 14.1. The molecule has 0 unspecified atom stereocenters. The van der Waals surface area contributed by atoms with E-state index in [1.807, 2.05) is 12.1 Å². The van der Waals surface area contributed by atoms with Crippen molar-refractivity contribution in [3.05, 3.63) is 69.8 Å². The molecule has 1 amide bonds. The highest BCUT2D eigenvalue weighted by molar-refractivity contribution is 5.99. The number of aromatic amines is 1. The summed E-state index contributed by atoms with van der Waals surface area (Å²) in [4.78, 5) is 26.9. The van der Waals surface area contributed by atoms with Crippen molar-refractivity contribution in [2.24, 2.45) is 0 Å². The van der Waals surface area contributed by atoms with Crippen LogP contribution < -0.4 is 11.0 Å². The molecule has 0 radical (unpaired) electrons. The van der Waals surface area contributed by atoms with E-state index in [9.17, 15) is 9.59 Å². The molecule has 2 N–H and O–H groups in total. The molecular formula is C22H27N5O2. The molecule has 1 saturated carbocycles. The number of fused-ring (bicyclic) bond motifs is 1. The lowest BCUT2D eigenvalue weighted by molar-refractivity contribution is 0.0951. The zero-order chi connectivity index (χ0) is 20.2. The van der Waals surface area contributed by atoms with Crippen molar-refractivity contribution in [3.8, 4) is 0 Å². The third kappa shape index (κ3) is 4.24. The zero-order valence-corrected chi connectivity index (χ0v) is 16.7. The lowest BCUT2D eigenvalue weighted by Crippen LogP contribution is -2.33. The maximum absolute atomic E-state index is 12.7. The van der Waals surface area contributed by atoms with Gasteiger partial charge in [-0.1, -0.05) is 43.5 Å². The van der Waals surface area contributed by atoms with Gasteiger partial charge in [0.1, 0.15) is 0 Å². The number of H-pyrrole nitrogens is 1. The summed E-state index contributed by atoms with van der Waals surface area (Å²) in [6.07, 6.45) is 8.10. The van der Waals surface area contributed by atoms with Gasteiger partial charge < -0.3 is 5.32 Å². The van der Waals surface area contributed by atoms with Gasteiger partial charge in [0, 0.05) is 25.3 Å². The SMILES string of the molecule is CN(Cc1ccccc1CNC(=O)c1cccn2c(=O)[nH]nc12)C1CCCCC1. The summed E-state index contributed by atoms with van der Waals surface area (Å²) in [5.74, 6) is -0.245. The summed E-state index contributed by atoms with van der Waals surface area (Å²) in [7, 11) is 2.20. The van der Waals surface area contributed by atoms with Crippen LogP contribution in [0.4, 0.5) is 0 Å². The highest BCUT2D eigenvalue weighted by Gasteiger charge is 2.19. The lowest BCUT2D eigenvalue weighted by atomic mass is 9.94. The molecule has 0 aliphatic heterocycles. The van der Waals surface area contributed by atoms with E-state index in [-0.39, 0.29) is 11.6 Å². The molecule has 0 atom stereocenters. The summed E-state index contributed by atoms with van der Waals surface area (Å²) in [5.41, 5.74) is 2.69. The highest BCUT2D eigenvalue weighted by atomic mass is 16.2. The Morgan fingerprint density at radius 1 is 1.17 bits per heavy atom. The third-order valence-corrected chi connectivity index (χ3v) is 5.86. The Kier molecular flexibility index (Phi) is 5.76. The summed E-state index contributed by atoms with van der Waals surface area (Å²) < 4.78 is 1.34. The number of rotatable bonds is 6. The van der Waals surface area contributed by atoms with E-state index in [1.165, 1.54) is 42.1 Å². The zero-order valence-electron chi connectivity index (χ0n) is 16.7. The smallest absolute Gasteiger partial charge is 0.347 e. The second-order valence-corrected chi connectivity index (χ2v) is 7.80. The molecule has 1 fully saturated rings. The fraction of sp³-hybridized carbons (Fsp3) is 0.409. The molecular weight excluding hydrogens is 366 g/mol. The molecule has 1 aliphatic carbocycles. The van der Waals surface area contributed by atoms with Crippen molar-refractivity contribution in [2.45, 2.75) is 51.2 Å². The maximum atomic E-state index is 12.7. The van der Waals surface area contributed by atoms with Crippen LogP contribution in [0.15, 0.2) is 47.4 Å². The fourth-order valence-corrected chi connectivity index (χ4v) is 4.18. The van der Waals surface area contributed by atoms with Crippen LogP contribution in [0.25, 0.3) is 5.65 Å². The van der Waals surface area contributed by atoms with Crippen LogP contribution in [-0.4, -0.2) is 38.5 Å². The van der Waals surface area contributed by atoms with Crippen molar-refractivity contribution >= 4 is 11.6 Å². The third-order valence-electron chi connectivity index (χ3n) is 5.86. The van der Waals surface area contributed by atoms with Crippen LogP contribution in [0, 0.1) is 0 Å². The second-order valence-electron chi connectivity index (χ2n) is 7.80. The fourth-order valence-electron chi connectivity index (χ4n) is 4.18. The number of hydrogen-bond acceptors (Lipinski definition) is 4. The van der Waals surface area contributed by atoms with Crippen LogP contribution in [0.5, 0.6) is 0 Å². The Bertz CT molecular complexity index is 1050. The van der Waals surface area contributed by atoms with Crippen LogP contribution in [0.2, 0.25) is 0 Å². The Hall–Kier alpha value is -2.93. The average Bonchev–Trinajstić information content (AvgIpc) is 3.14. The van der Waals surface area contributed by atoms with Crippen molar-refractivity contribution in [3.63, 3.8) is 0 Å². The summed E-state index contributed by atoms with van der Waals surface area (Å²) in [6.45, 7) is 1.31. The van der Waals surface area contributed by atoms with Crippen LogP contribution in [0.1, 0.15) is 53.6 Å². The topological polar surface area (TPSA) is 82.5 Å². The largest absolute Gasteiger partial charge is 0.348 e. The van der Waals surface area contributed by atoms with Gasteiger partial charge in [0.15, 0.2) is 5.65 Å².